The van der Waals surface area contributed by atoms with Crippen LogP contribution in [-0.4, -0.2) is 33.0 Å². The van der Waals surface area contributed by atoms with Gasteiger partial charge in [0.15, 0.2) is 0 Å². The van der Waals surface area contributed by atoms with E-state index in [4.69, 9.17) is 0 Å². The van der Waals surface area contributed by atoms with Gasteiger partial charge < -0.3 is 14.0 Å². The van der Waals surface area contributed by atoms with Gasteiger partial charge in [-0.05, 0) is 37.3 Å². The number of rotatable bonds is 2. The van der Waals surface area contributed by atoms with Gasteiger partial charge in [0.25, 0.3) is 11.5 Å². The summed E-state index contributed by atoms with van der Waals surface area (Å²) in [6.07, 6.45) is 4.80. The molecular weight excluding hydrogens is 350 g/mol. The van der Waals surface area contributed by atoms with Crippen LogP contribution in [0.4, 0.5) is 0 Å². The molecule has 1 amide bonds. The molecule has 144 valence electrons. The molecule has 2 unspecified atom stereocenters. The first-order chi connectivity index (χ1) is 13.3. The molecule has 0 radical (unpaired) electrons. The highest BCUT2D eigenvalue weighted by molar-refractivity contribution is 6.07. The topological polar surface area (TPSA) is 47.2 Å². The Labute approximate surface area is 164 Å². The zero-order valence-electron chi connectivity index (χ0n) is 16.8. The molecule has 1 aromatic carbocycles. The van der Waals surface area contributed by atoms with E-state index < -0.39 is 0 Å². The summed E-state index contributed by atoms with van der Waals surface area (Å²) in [6, 6.07) is 8.73. The second-order valence-corrected chi connectivity index (χ2v) is 8.71. The van der Waals surface area contributed by atoms with E-state index in [1.54, 1.807) is 11.6 Å². The molecule has 3 heterocycles. The molecule has 5 rings (SSSR count). The number of benzene rings is 1. The zero-order chi connectivity index (χ0) is 19.8. The predicted octanol–water partition coefficient (Wildman–Crippen LogP) is 2.91. The zero-order valence-corrected chi connectivity index (χ0v) is 16.8. The van der Waals surface area contributed by atoms with Gasteiger partial charge in [-0.3, -0.25) is 9.59 Å². The summed E-state index contributed by atoms with van der Waals surface area (Å²) in [5.74, 6) is 0.505. The van der Waals surface area contributed by atoms with E-state index in [1.807, 2.05) is 35.8 Å². The molecule has 1 saturated heterocycles. The van der Waals surface area contributed by atoms with Gasteiger partial charge in [0, 0.05) is 45.0 Å². The molecule has 2 fully saturated rings. The number of likely N-dealkylation sites (tertiary alicyclic amines) is 1. The summed E-state index contributed by atoms with van der Waals surface area (Å²) in [6.45, 7) is 5.59. The minimum Gasteiger partial charge on any atom is -0.349 e. The first-order valence-corrected chi connectivity index (χ1v) is 9.83. The molecule has 2 atom stereocenters. The van der Waals surface area contributed by atoms with Gasteiger partial charge in [0.05, 0.1) is 16.5 Å². The van der Waals surface area contributed by atoms with Gasteiger partial charge in [-0.15, -0.1) is 0 Å². The number of aromatic nitrogens is 2. The summed E-state index contributed by atoms with van der Waals surface area (Å²) in [5, 5.41) is 0.542. The average molecular weight is 375 g/mol. The molecule has 28 heavy (non-hydrogen) atoms. The van der Waals surface area contributed by atoms with E-state index in [-0.39, 0.29) is 16.9 Å². The SMILES string of the molecule is Cc1ccc(C23CC2CN(C(=O)c2cn(C)c4c(C)cn(C)c(=O)c24)C3)cc1. The first kappa shape index (κ1) is 17.3. The minimum absolute atomic E-state index is 0.0213. The number of nitrogens with zero attached hydrogens (tertiary/aromatic N) is 3. The second-order valence-electron chi connectivity index (χ2n) is 8.71. The molecule has 5 nitrogen and oxygen atoms in total. The maximum absolute atomic E-state index is 13.4. The lowest BCUT2D eigenvalue weighted by atomic mass is 9.94. The predicted molar refractivity (Wildman–Crippen MR) is 110 cm³/mol. The molecule has 1 aliphatic heterocycles. The summed E-state index contributed by atoms with van der Waals surface area (Å²) in [4.78, 5) is 28.2. The Balaban J connectivity index is 1.52. The van der Waals surface area contributed by atoms with E-state index in [0.717, 1.165) is 30.6 Å². The number of amides is 1. The highest BCUT2D eigenvalue weighted by Gasteiger charge is 2.61. The summed E-state index contributed by atoms with van der Waals surface area (Å²) < 4.78 is 3.48. The lowest BCUT2D eigenvalue weighted by molar-refractivity contribution is 0.0774. The number of fused-ring (bicyclic) bond motifs is 2. The van der Waals surface area contributed by atoms with E-state index in [2.05, 4.69) is 31.2 Å². The van der Waals surface area contributed by atoms with Crippen molar-refractivity contribution in [3.05, 3.63) is 69.3 Å². The third-order valence-corrected chi connectivity index (χ3v) is 6.77. The fourth-order valence-corrected chi connectivity index (χ4v) is 5.21. The van der Waals surface area contributed by atoms with Crippen molar-refractivity contribution >= 4 is 16.8 Å². The van der Waals surface area contributed by atoms with Crippen LogP contribution in [0.25, 0.3) is 10.9 Å². The number of carbonyl (C=O) groups excluding carboxylic acids is 1. The highest BCUT2D eigenvalue weighted by atomic mass is 16.2. The van der Waals surface area contributed by atoms with Crippen LogP contribution in [0.1, 0.15) is 33.5 Å². The second kappa shape index (κ2) is 5.60. The van der Waals surface area contributed by atoms with Crippen LogP contribution in [0, 0.1) is 19.8 Å². The molecule has 5 heteroatoms. The van der Waals surface area contributed by atoms with Crippen molar-refractivity contribution in [3.63, 3.8) is 0 Å². The number of carbonyl (C=O) groups is 1. The Morgan fingerprint density at radius 3 is 2.50 bits per heavy atom. The van der Waals surface area contributed by atoms with Gasteiger partial charge in [0.1, 0.15) is 0 Å². The van der Waals surface area contributed by atoms with Crippen molar-refractivity contribution < 1.29 is 4.79 Å². The molecule has 2 aromatic heterocycles. The molecule has 1 aliphatic carbocycles. The maximum Gasteiger partial charge on any atom is 0.260 e. The molecule has 2 aliphatic rings. The average Bonchev–Trinajstić information content (AvgIpc) is 3.05. The van der Waals surface area contributed by atoms with Crippen molar-refractivity contribution in [2.45, 2.75) is 25.7 Å². The Morgan fingerprint density at radius 1 is 1.07 bits per heavy atom. The smallest absolute Gasteiger partial charge is 0.260 e. The van der Waals surface area contributed by atoms with Crippen LogP contribution in [0.15, 0.2) is 41.5 Å². The van der Waals surface area contributed by atoms with Crippen LogP contribution >= 0.6 is 0 Å². The van der Waals surface area contributed by atoms with Gasteiger partial charge in [-0.1, -0.05) is 29.8 Å². The normalized spacial score (nSPS) is 23.3. The Morgan fingerprint density at radius 2 is 1.79 bits per heavy atom. The molecule has 0 N–H and O–H groups in total. The minimum atomic E-state index is -0.109. The quantitative estimate of drug-likeness (QED) is 0.691. The van der Waals surface area contributed by atoms with Crippen molar-refractivity contribution in [2.24, 2.45) is 20.0 Å². The van der Waals surface area contributed by atoms with Gasteiger partial charge in [0.2, 0.25) is 0 Å². The summed E-state index contributed by atoms with van der Waals surface area (Å²) in [5.41, 5.74) is 4.97. The maximum atomic E-state index is 13.4. The third kappa shape index (κ3) is 2.25. The number of hydrogen-bond acceptors (Lipinski definition) is 2. The Kier molecular flexibility index (Phi) is 3.46. The third-order valence-electron chi connectivity index (χ3n) is 6.77. The molecule has 0 spiro atoms. The lowest BCUT2D eigenvalue weighted by Crippen LogP contribution is -2.33. The van der Waals surface area contributed by atoms with E-state index >= 15 is 0 Å². The molecule has 0 bridgehead atoms. The van der Waals surface area contributed by atoms with E-state index in [9.17, 15) is 9.59 Å². The van der Waals surface area contributed by atoms with Crippen LogP contribution in [0.5, 0.6) is 0 Å². The van der Waals surface area contributed by atoms with Gasteiger partial charge >= 0.3 is 0 Å². The Bertz CT molecular complexity index is 1190. The standard InChI is InChI=1S/C23H25N3O2/c1-14-5-7-16(8-6-14)23-9-17(23)11-26(13-23)21(27)18-12-24(3)20-15(2)10-25(4)22(28)19(18)20/h5-8,10,12,17H,9,11,13H2,1-4H3. The van der Waals surface area contributed by atoms with Gasteiger partial charge in [-0.25, -0.2) is 0 Å². The van der Waals surface area contributed by atoms with Crippen molar-refractivity contribution in [2.75, 3.05) is 13.1 Å². The largest absolute Gasteiger partial charge is 0.349 e. The number of hydrogen-bond donors (Lipinski definition) is 0. The Hall–Kier alpha value is -2.82. The first-order valence-electron chi connectivity index (χ1n) is 9.83. The van der Waals surface area contributed by atoms with Crippen LogP contribution in [-0.2, 0) is 19.5 Å². The number of pyridine rings is 1. The fourth-order valence-electron chi connectivity index (χ4n) is 5.21. The van der Waals surface area contributed by atoms with Crippen molar-refractivity contribution in [1.82, 2.24) is 14.0 Å². The summed E-state index contributed by atoms with van der Waals surface area (Å²) in [7, 11) is 3.65. The fraction of sp³-hybridized carbons (Fsp3) is 0.391. The van der Waals surface area contributed by atoms with Crippen LogP contribution in [0.2, 0.25) is 0 Å². The van der Waals surface area contributed by atoms with Gasteiger partial charge in [-0.2, -0.15) is 0 Å². The lowest BCUT2D eigenvalue weighted by Gasteiger charge is -2.21. The molecular formula is C23H25N3O2. The monoisotopic (exact) mass is 375 g/mol. The molecule has 3 aromatic rings. The van der Waals surface area contributed by atoms with Crippen LogP contribution < -0.4 is 5.56 Å². The van der Waals surface area contributed by atoms with Crippen molar-refractivity contribution in [1.29, 1.82) is 0 Å². The number of piperidine rings is 1. The number of aryl methyl sites for hydroxylation is 4. The van der Waals surface area contributed by atoms with E-state index in [1.165, 1.54) is 11.1 Å². The summed E-state index contributed by atoms with van der Waals surface area (Å²) >= 11 is 0. The molecule has 1 saturated carbocycles. The highest BCUT2D eigenvalue weighted by Crippen LogP contribution is 2.59. The van der Waals surface area contributed by atoms with E-state index in [0.29, 0.717) is 16.9 Å². The van der Waals surface area contributed by atoms with Crippen molar-refractivity contribution in [3.8, 4) is 0 Å². The van der Waals surface area contributed by atoms with Crippen LogP contribution in [0.3, 0.4) is 0 Å².